The van der Waals surface area contributed by atoms with E-state index in [1.807, 2.05) is 20.8 Å². The van der Waals surface area contributed by atoms with Crippen LogP contribution in [0.5, 0.6) is 0 Å². The molecule has 0 aromatic heterocycles. The highest BCUT2D eigenvalue weighted by Gasteiger charge is 2.50. The van der Waals surface area contributed by atoms with Gasteiger partial charge in [0.2, 0.25) is 0 Å². The molecule has 0 aliphatic carbocycles. The van der Waals surface area contributed by atoms with Gasteiger partial charge in [-0.3, -0.25) is 4.79 Å². The standard InChI is InChI=1S/C17H34O2/c1-11-16(8,9)17(10,12-14(2,3)4)13(18)19-15(5,6)7/h11-12H2,1-10H3. The molecule has 0 amide bonds. The van der Waals surface area contributed by atoms with Crippen LogP contribution in [0, 0.1) is 16.2 Å². The molecule has 0 aromatic carbocycles. The number of hydrogen-bond donors (Lipinski definition) is 0. The number of ether oxygens (including phenoxy) is 1. The van der Waals surface area contributed by atoms with Gasteiger partial charge in [-0.2, -0.15) is 0 Å². The number of carbonyl (C=O) groups excluding carboxylic acids is 1. The predicted molar refractivity (Wildman–Crippen MR) is 82.1 cm³/mol. The highest BCUT2D eigenvalue weighted by Crippen LogP contribution is 2.49. The Kier molecular flexibility index (Phi) is 5.30. The summed E-state index contributed by atoms with van der Waals surface area (Å²) in [7, 11) is 0. The first-order chi connectivity index (χ1) is 8.15. The smallest absolute Gasteiger partial charge is 0.312 e. The van der Waals surface area contributed by atoms with E-state index in [2.05, 4.69) is 48.5 Å². The van der Waals surface area contributed by atoms with Crippen LogP contribution in [-0.4, -0.2) is 11.6 Å². The van der Waals surface area contributed by atoms with Crippen molar-refractivity contribution < 1.29 is 9.53 Å². The van der Waals surface area contributed by atoms with Gasteiger partial charge in [0.05, 0.1) is 5.41 Å². The van der Waals surface area contributed by atoms with Gasteiger partial charge >= 0.3 is 5.97 Å². The van der Waals surface area contributed by atoms with Crippen molar-refractivity contribution in [2.45, 2.75) is 87.7 Å². The molecule has 114 valence electrons. The Balaban J connectivity index is 5.47. The molecule has 0 aliphatic heterocycles. The summed E-state index contributed by atoms with van der Waals surface area (Å²) in [6.45, 7) is 20.9. The zero-order valence-electron chi connectivity index (χ0n) is 14.7. The van der Waals surface area contributed by atoms with Crippen molar-refractivity contribution >= 4 is 5.97 Å². The summed E-state index contributed by atoms with van der Waals surface area (Å²) in [5.41, 5.74) is -0.881. The summed E-state index contributed by atoms with van der Waals surface area (Å²) in [5, 5.41) is 0. The van der Waals surface area contributed by atoms with Crippen molar-refractivity contribution in [1.82, 2.24) is 0 Å². The van der Waals surface area contributed by atoms with E-state index in [-0.39, 0.29) is 16.8 Å². The molecule has 2 heteroatoms. The zero-order chi connectivity index (χ0) is 15.7. The molecule has 0 heterocycles. The third kappa shape index (κ3) is 5.16. The molecule has 2 nitrogen and oxygen atoms in total. The van der Waals surface area contributed by atoms with E-state index in [4.69, 9.17) is 4.74 Å². The first kappa shape index (κ1) is 18.5. The number of hydrogen-bond acceptors (Lipinski definition) is 2. The fraction of sp³-hybridized carbons (Fsp3) is 0.941. The maximum Gasteiger partial charge on any atom is 0.312 e. The largest absolute Gasteiger partial charge is 0.460 e. The summed E-state index contributed by atoms with van der Waals surface area (Å²) >= 11 is 0. The normalized spacial score (nSPS) is 16.9. The van der Waals surface area contributed by atoms with Crippen molar-refractivity contribution in [2.24, 2.45) is 16.2 Å². The second kappa shape index (κ2) is 5.46. The van der Waals surface area contributed by atoms with Crippen molar-refractivity contribution in [2.75, 3.05) is 0 Å². The van der Waals surface area contributed by atoms with Crippen LogP contribution in [0.15, 0.2) is 0 Å². The van der Waals surface area contributed by atoms with Crippen LogP contribution >= 0.6 is 0 Å². The van der Waals surface area contributed by atoms with Gasteiger partial charge in [-0.1, -0.05) is 41.5 Å². The molecular formula is C17H34O2. The van der Waals surface area contributed by atoms with Gasteiger partial charge in [-0.05, 0) is 51.4 Å². The number of rotatable bonds is 4. The first-order valence-electron chi connectivity index (χ1n) is 7.38. The van der Waals surface area contributed by atoms with Crippen molar-refractivity contribution in [1.29, 1.82) is 0 Å². The Labute approximate surface area is 120 Å². The van der Waals surface area contributed by atoms with Gasteiger partial charge in [-0.25, -0.2) is 0 Å². The Hall–Kier alpha value is -0.530. The van der Waals surface area contributed by atoms with Crippen LogP contribution in [0.4, 0.5) is 0 Å². The Morgan fingerprint density at radius 2 is 1.32 bits per heavy atom. The predicted octanol–water partition coefficient (Wildman–Crippen LogP) is 5.21. The van der Waals surface area contributed by atoms with Gasteiger partial charge in [-0.15, -0.1) is 0 Å². The molecule has 0 aromatic rings. The molecule has 0 saturated heterocycles. The molecule has 1 unspecified atom stereocenters. The fourth-order valence-corrected chi connectivity index (χ4v) is 2.43. The molecule has 0 fully saturated rings. The summed E-state index contributed by atoms with van der Waals surface area (Å²) in [5.74, 6) is -0.0678. The Bertz CT molecular complexity index is 315. The minimum Gasteiger partial charge on any atom is -0.460 e. The summed E-state index contributed by atoms with van der Waals surface area (Å²) < 4.78 is 5.70. The Morgan fingerprint density at radius 3 is 1.58 bits per heavy atom. The molecule has 0 aliphatic rings. The third-order valence-electron chi connectivity index (χ3n) is 4.11. The lowest BCUT2D eigenvalue weighted by Crippen LogP contribution is -2.47. The fourth-order valence-electron chi connectivity index (χ4n) is 2.43. The zero-order valence-corrected chi connectivity index (χ0v) is 14.7. The molecule has 1 atom stereocenters. The van der Waals surface area contributed by atoms with Crippen LogP contribution in [0.25, 0.3) is 0 Å². The Morgan fingerprint density at radius 1 is 0.895 bits per heavy atom. The number of esters is 1. The van der Waals surface area contributed by atoms with E-state index < -0.39 is 11.0 Å². The minimum absolute atomic E-state index is 0.0678. The van der Waals surface area contributed by atoms with Crippen LogP contribution in [0.3, 0.4) is 0 Å². The monoisotopic (exact) mass is 270 g/mol. The molecule has 0 spiro atoms. The average Bonchev–Trinajstić information content (AvgIpc) is 2.11. The maximum atomic E-state index is 12.7. The van der Waals surface area contributed by atoms with E-state index >= 15 is 0 Å². The van der Waals surface area contributed by atoms with Crippen LogP contribution in [0.1, 0.15) is 82.1 Å². The lowest BCUT2D eigenvalue weighted by atomic mass is 9.59. The minimum atomic E-state index is -0.465. The van der Waals surface area contributed by atoms with Gasteiger partial charge in [0.1, 0.15) is 5.60 Å². The van der Waals surface area contributed by atoms with Crippen molar-refractivity contribution in [3.8, 4) is 0 Å². The summed E-state index contributed by atoms with van der Waals surface area (Å²) in [6.07, 6.45) is 1.79. The molecule has 0 rings (SSSR count). The van der Waals surface area contributed by atoms with Gasteiger partial charge < -0.3 is 4.74 Å². The maximum absolute atomic E-state index is 12.7. The second-order valence-corrected chi connectivity index (χ2v) is 8.81. The average molecular weight is 270 g/mol. The summed E-state index contributed by atoms with van der Waals surface area (Å²) in [6, 6.07) is 0. The lowest BCUT2D eigenvalue weighted by molar-refractivity contribution is -0.177. The molecule has 0 saturated carbocycles. The molecule has 0 bridgehead atoms. The molecule has 19 heavy (non-hydrogen) atoms. The topological polar surface area (TPSA) is 26.3 Å². The van der Waals surface area contributed by atoms with Gasteiger partial charge in [0, 0.05) is 0 Å². The quantitative estimate of drug-likeness (QED) is 0.656. The third-order valence-corrected chi connectivity index (χ3v) is 4.11. The summed E-state index contributed by atoms with van der Waals surface area (Å²) in [4.78, 5) is 12.7. The molecule has 0 N–H and O–H groups in total. The molecule has 0 radical (unpaired) electrons. The van der Waals surface area contributed by atoms with Crippen molar-refractivity contribution in [3.63, 3.8) is 0 Å². The SMILES string of the molecule is CCC(C)(C)C(C)(CC(C)(C)C)C(=O)OC(C)(C)C. The van der Waals surface area contributed by atoms with E-state index in [1.54, 1.807) is 0 Å². The van der Waals surface area contributed by atoms with E-state index in [1.165, 1.54) is 0 Å². The highest BCUT2D eigenvalue weighted by molar-refractivity contribution is 5.78. The second-order valence-electron chi connectivity index (χ2n) is 8.81. The van der Waals surface area contributed by atoms with Crippen LogP contribution in [-0.2, 0) is 9.53 Å². The van der Waals surface area contributed by atoms with Crippen LogP contribution in [0.2, 0.25) is 0 Å². The van der Waals surface area contributed by atoms with Crippen molar-refractivity contribution in [3.05, 3.63) is 0 Å². The van der Waals surface area contributed by atoms with E-state index in [9.17, 15) is 4.79 Å². The highest BCUT2D eigenvalue weighted by atomic mass is 16.6. The number of carbonyl (C=O) groups is 1. The van der Waals surface area contributed by atoms with E-state index in [0.717, 1.165) is 12.8 Å². The first-order valence-corrected chi connectivity index (χ1v) is 7.38. The van der Waals surface area contributed by atoms with E-state index in [0.29, 0.717) is 0 Å². The lowest BCUT2D eigenvalue weighted by Gasteiger charge is -2.46. The van der Waals surface area contributed by atoms with Gasteiger partial charge in [0.15, 0.2) is 0 Å². The van der Waals surface area contributed by atoms with Crippen LogP contribution < -0.4 is 0 Å². The molecular weight excluding hydrogens is 236 g/mol. The van der Waals surface area contributed by atoms with Gasteiger partial charge in [0.25, 0.3) is 0 Å².